The molecule has 17 heteroatoms. The molecule has 5 N–H and O–H groups in total. The molecule has 1 amide bonds. The monoisotopic (exact) mass is 976 g/mol. The summed E-state index contributed by atoms with van der Waals surface area (Å²) in [7, 11) is 4.52. The Hall–Kier alpha value is -4.10. The quantitative estimate of drug-likeness (QED) is 0.110. The third kappa shape index (κ3) is 17.0. The molecule has 1 aliphatic carbocycles. The summed E-state index contributed by atoms with van der Waals surface area (Å²) in [5.74, 6) is -7.96. The van der Waals surface area contributed by atoms with Crippen LogP contribution < -0.4 is 0 Å². The summed E-state index contributed by atoms with van der Waals surface area (Å²) >= 11 is 0. The number of carbonyl (C=O) groups is 6. The van der Waals surface area contributed by atoms with E-state index in [0.717, 1.165) is 12.0 Å². The largest absolute Gasteiger partial charge is 0.503 e. The maximum absolute atomic E-state index is 14.4. The van der Waals surface area contributed by atoms with Gasteiger partial charge in [0.25, 0.3) is 11.7 Å². The lowest BCUT2D eigenvalue weighted by molar-refractivity contribution is -0.265. The molecule has 69 heavy (non-hydrogen) atoms. The summed E-state index contributed by atoms with van der Waals surface area (Å²) in [4.78, 5) is 80.3. The molecule has 0 aromatic heterocycles. The van der Waals surface area contributed by atoms with E-state index >= 15 is 0 Å². The van der Waals surface area contributed by atoms with E-state index in [9.17, 15) is 39.3 Å². The Morgan fingerprint density at radius 2 is 1.54 bits per heavy atom. The molecule has 2 saturated heterocycles. The fraction of sp³-hybridized carbons (Fsp3) is 0.731. The number of allylic oxidation sites excluding steroid dienone is 6. The molecule has 0 aromatic rings. The van der Waals surface area contributed by atoms with Crippen LogP contribution >= 0.6 is 0 Å². The maximum atomic E-state index is 14.4. The van der Waals surface area contributed by atoms with Crippen molar-refractivity contribution in [2.75, 3.05) is 27.9 Å². The van der Waals surface area contributed by atoms with Crippen LogP contribution in [0.25, 0.3) is 0 Å². The highest BCUT2D eigenvalue weighted by Gasteiger charge is 2.53. The lowest BCUT2D eigenvalue weighted by atomic mass is 9.78. The van der Waals surface area contributed by atoms with Crippen LogP contribution in [-0.4, -0.2) is 148 Å². The number of esters is 1. The number of nitrogens with zero attached hydrogens (tertiary/aromatic N) is 1. The lowest BCUT2D eigenvalue weighted by Gasteiger charge is -2.42. The summed E-state index contributed by atoms with van der Waals surface area (Å²) < 4.78 is 29.4. The first kappa shape index (κ1) is 59.2. The lowest BCUT2D eigenvalue weighted by Crippen LogP contribution is -2.61. The second-order valence-corrected chi connectivity index (χ2v) is 19.9. The number of cyclic esters (lactones) is 1. The minimum Gasteiger partial charge on any atom is -0.460 e. The number of Topliss-reactive ketones (excluding diaryl/α,β-unsaturated/α-hetero) is 3. The molecule has 4 aliphatic rings. The van der Waals surface area contributed by atoms with E-state index in [1.807, 2.05) is 58.1 Å². The minimum absolute atomic E-state index is 0.0193. The average molecular weight is 976 g/mol. The standard InChI is InChI=1S/C51H79NO13.CH2O3/c1-30-16-12-11-13-17-31(2)42(61-8)28-38-21-19-36(7)51(60,65-38)48(57)49(58)52-23-15-14-18-39(52)50(59)64-43(33(4)26-37-20-22-40(53)44(27-37)62-9)29-41(54)32(3)25-35(6)46(56)47(63-10)45(55)34(5)24-30;2-1(3)4/h11-13,16-17,25,30,32-34,36-40,42-44,46-47,53,56,60H,14-15,18-24,26-29H2,1-10H3;(H2,2,3,4)/b13-11?,16-12+,31-17?,35-25+;/t30-,32-,33-,34-,36-,37+,38+,39+,40-,42+,43+,44-,46-,47+,51-;/m1./s1. The van der Waals surface area contributed by atoms with Gasteiger partial charge in [-0.25, -0.2) is 9.59 Å². The van der Waals surface area contributed by atoms with Crippen LogP contribution in [0.5, 0.6) is 0 Å². The number of carboxylic acid groups (broad SMARTS) is 2. The van der Waals surface area contributed by atoms with Gasteiger partial charge in [-0.15, -0.1) is 0 Å². The Bertz CT molecular complexity index is 1860. The molecular weight excluding hydrogens is 895 g/mol. The van der Waals surface area contributed by atoms with E-state index in [0.29, 0.717) is 63.4 Å². The molecule has 15 atom stereocenters. The number of ether oxygens (including phenoxy) is 5. The second-order valence-electron chi connectivity index (χ2n) is 19.9. The van der Waals surface area contributed by atoms with Gasteiger partial charge in [-0.2, -0.15) is 0 Å². The van der Waals surface area contributed by atoms with E-state index in [2.05, 4.69) is 0 Å². The predicted molar refractivity (Wildman–Crippen MR) is 256 cm³/mol. The van der Waals surface area contributed by atoms with Crippen molar-refractivity contribution in [3.63, 3.8) is 0 Å². The van der Waals surface area contributed by atoms with Crippen molar-refractivity contribution in [1.29, 1.82) is 0 Å². The number of ketones is 3. The average Bonchev–Trinajstić information content (AvgIpc) is 3.30. The molecule has 390 valence electrons. The van der Waals surface area contributed by atoms with Gasteiger partial charge < -0.3 is 54.1 Å². The van der Waals surface area contributed by atoms with Crippen LogP contribution in [0.3, 0.4) is 0 Å². The zero-order chi connectivity index (χ0) is 51.7. The Kier molecular flexibility index (Phi) is 24.1. The normalized spacial score (nSPS) is 37.2. The van der Waals surface area contributed by atoms with Gasteiger partial charge in [0.2, 0.25) is 5.79 Å². The molecule has 0 aromatic carbocycles. The number of rotatable bonds is 6. The first-order valence-electron chi connectivity index (χ1n) is 24.6. The number of amides is 1. The van der Waals surface area contributed by atoms with E-state index in [-0.39, 0.29) is 54.8 Å². The van der Waals surface area contributed by atoms with E-state index in [4.69, 9.17) is 38.7 Å². The third-order valence-electron chi connectivity index (χ3n) is 14.5. The van der Waals surface area contributed by atoms with Gasteiger partial charge in [0.15, 0.2) is 5.78 Å². The van der Waals surface area contributed by atoms with Crippen molar-refractivity contribution >= 4 is 35.4 Å². The number of aliphatic hydroxyl groups is 3. The van der Waals surface area contributed by atoms with Gasteiger partial charge in [-0.3, -0.25) is 19.2 Å². The summed E-state index contributed by atoms with van der Waals surface area (Å²) in [6.07, 6.45) is 9.35. The van der Waals surface area contributed by atoms with Gasteiger partial charge in [-0.05, 0) is 107 Å². The molecule has 0 spiro atoms. The minimum atomic E-state index is -2.43. The molecule has 0 radical (unpaired) electrons. The Labute approximate surface area is 408 Å². The SMILES string of the molecule is CO[C@H]1C[C@@H]2CC[C@@H](C)[C@@](O)(O2)C(=O)C(=O)N2CCCC[C@H]2C(=O)O[C@H]([C@H](C)C[C@@H]2CC[C@@H](O)[C@H](OC)C2)CC(=O)[C@H](C)/C=C(\C)[C@@H](O)[C@@H](OC)C(=O)[C@H](C)C[C@H](C)/C=C/C=CC=C1C.O=C(O)O. The van der Waals surface area contributed by atoms with E-state index in [1.54, 1.807) is 41.1 Å². The van der Waals surface area contributed by atoms with Gasteiger partial charge in [-0.1, -0.05) is 71.1 Å². The van der Waals surface area contributed by atoms with Crippen molar-refractivity contribution < 1.29 is 78.0 Å². The van der Waals surface area contributed by atoms with Crippen molar-refractivity contribution in [2.24, 2.45) is 35.5 Å². The van der Waals surface area contributed by atoms with E-state index < -0.39 is 90.0 Å². The topological polar surface area (TPSA) is 253 Å². The molecule has 3 heterocycles. The van der Waals surface area contributed by atoms with Crippen molar-refractivity contribution in [3.8, 4) is 0 Å². The van der Waals surface area contributed by atoms with Crippen LogP contribution in [0.1, 0.15) is 126 Å². The van der Waals surface area contributed by atoms with Crippen LogP contribution in [0.15, 0.2) is 47.6 Å². The summed E-state index contributed by atoms with van der Waals surface area (Å²) in [5, 5.41) is 47.8. The predicted octanol–water partition coefficient (Wildman–Crippen LogP) is 6.40. The Morgan fingerprint density at radius 1 is 0.855 bits per heavy atom. The van der Waals surface area contributed by atoms with Crippen LogP contribution in [0.4, 0.5) is 4.79 Å². The Balaban J connectivity index is 0.00000303. The van der Waals surface area contributed by atoms with Crippen LogP contribution in [-0.2, 0) is 47.7 Å². The van der Waals surface area contributed by atoms with Gasteiger partial charge in [0, 0.05) is 58.5 Å². The molecule has 4 rings (SSSR count). The molecule has 0 unspecified atom stereocenters. The summed E-state index contributed by atoms with van der Waals surface area (Å²) in [5.41, 5.74) is 1.27. The van der Waals surface area contributed by atoms with Gasteiger partial charge in [0.1, 0.15) is 30.1 Å². The van der Waals surface area contributed by atoms with Crippen molar-refractivity contribution in [2.45, 2.75) is 180 Å². The fourth-order valence-corrected chi connectivity index (χ4v) is 10.1. The van der Waals surface area contributed by atoms with Crippen LogP contribution in [0, 0.1) is 35.5 Å². The maximum Gasteiger partial charge on any atom is 0.503 e. The number of aliphatic hydroxyl groups excluding tert-OH is 2. The van der Waals surface area contributed by atoms with Crippen LogP contribution in [0.2, 0.25) is 0 Å². The zero-order valence-corrected chi connectivity index (χ0v) is 42.4. The molecule has 3 fully saturated rings. The molecule has 2 bridgehead atoms. The smallest absolute Gasteiger partial charge is 0.460 e. The van der Waals surface area contributed by atoms with Gasteiger partial charge in [0.05, 0.1) is 24.4 Å². The number of hydrogen-bond acceptors (Lipinski definition) is 14. The summed E-state index contributed by atoms with van der Waals surface area (Å²) in [6.45, 7) is 12.7. The first-order chi connectivity index (χ1) is 32.5. The third-order valence-corrected chi connectivity index (χ3v) is 14.5. The van der Waals surface area contributed by atoms with Crippen molar-refractivity contribution in [3.05, 3.63) is 47.6 Å². The number of hydrogen-bond donors (Lipinski definition) is 5. The van der Waals surface area contributed by atoms with Crippen molar-refractivity contribution in [1.82, 2.24) is 4.90 Å². The summed E-state index contributed by atoms with van der Waals surface area (Å²) in [6, 6.07) is -1.14. The number of methoxy groups -OCH3 is 3. The molecular formula is C52H81NO16. The molecule has 3 aliphatic heterocycles. The number of fused-ring (bicyclic) bond motifs is 3. The highest BCUT2D eigenvalue weighted by Crippen LogP contribution is 2.38. The zero-order valence-electron chi connectivity index (χ0n) is 42.4. The van der Waals surface area contributed by atoms with Gasteiger partial charge >= 0.3 is 12.1 Å². The number of piperidine rings is 1. The highest BCUT2D eigenvalue weighted by atomic mass is 16.6. The highest BCUT2D eigenvalue weighted by molar-refractivity contribution is 6.39. The fourth-order valence-electron chi connectivity index (χ4n) is 10.1. The first-order valence-corrected chi connectivity index (χ1v) is 24.6. The molecule has 17 nitrogen and oxygen atoms in total. The van der Waals surface area contributed by atoms with E-state index in [1.165, 1.54) is 12.0 Å². The Morgan fingerprint density at radius 3 is 2.17 bits per heavy atom. The number of carbonyl (C=O) groups excluding carboxylic acids is 5. The molecule has 1 saturated carbocycles. The second kappa shape index (κ2) is 28.1.